The van der Waals surface area contributed by atoms with E-state index in [2.05, 4.69) is 4.90 Å². The molecule has 1 saturated heterocycles. The first-order valence-electron chi connectivity index (χ1n) is 6.73. The Morgan fingerprint density at radius 1 is 1.19 bits per heavy atom. The fourth-order valence-electron chi connectivity index (χ4n) is 3.69. The Hall–Kier alpha value is -0.410. The number of rotatable bonds is 1. The Bertz CT molecular complexity index is 279. The highest BCUT2D eigenvalue weighted by molar-refractivity contribution is 5.79. The molecule has 90 valence electrons. The van der Waals surface area contributed by atoms with E-state index in [1.165, 1.54) is 25.7 Å². The van der Waals surface area contributed by atoms with Crippen LogP contribution < -0.4 is 0 Å². The van der Waals surface area contributed by atoms with E-state index in [1.807, 2.05) is 0 Å². The number of fused-ring (bicyclic) bond motifs is 1. The third kappa shape index (κ3) is 1.91. The van der Waals surface area contributed by atoms with E-state index in [0.29, 0.717) is 24.0 Å². The number of ether oxygens (including phenoxy) is 1. The molecule has 0 radical (unpaired) electrons. The highest BCUT2D eigenvalue weighted by Gasteiger charge is 2.40. The van der Waals surface area contributed by atoms with Crippen molar-refractivity contribution < 1.29 is 9.53 Å². The number of ketones is 1. The Balaban J connectivity index is 1.70. The standard InChI is InChI=1S/C13H21NO2/c15-11-4-1-3-10(9-11)14-7-8-16-13-6-2-5-12(13)14/h10,12-13H,1-9H2. The number of nitrogens with zero attached hydrogens (tertiary/aromatic N) is 1. The summed E-state index contributed by atoms with van der Waals surface area (Å²) < 4.78 is 5.82. The summed E-state index contributed by atoms with van der Waals surface area (Å²) in [6.45, 7) is 1.91. The summed E-state index contributed by atoms with van der Waals surface area (Å²) in [5.41, 5.74) is 0. The van der Waals surface area contributed by atoms with E-state index in [9.17, 15) is 4.79 Å². The van der Waals surface area contributed by atoms with Crippen LogP contribution in [-0.2, 0) is 9.53 Å². The van der Waals surface area contributed by atoms with Crippen molar-refractivity contribution in [2.45, 2.75) is 63.1 Å². The van der Waals surface area contributed by atoms with Crippen molar-refractivity contribution >= 4 is 5.78 Å². The number of carbonyl (C=O) groups is 1. The van der Waals surface area contributed by atoms with E-state index in [1.54, 1.807) is 0 Å². The molecule has 1 heterocycles. The lowest BCUT2D eigenvalue weighted by Gasteiger charge is -2.43. The van der Waals surface area contributed by atoms with Gasteiger partial charge in [0.1, 0.15) is 5.78 Å². The summed E-state index contributed by atoms with van der Waals surface area (Å²) in [7, 11) is 0. The van der Waals surface area contributed by atoms with Crippen LogP contribution in [-0.4, -0.2) is 42.0 Å². The second kappa shape index (κ2) is 4.46. The number of morpholine rings is 1. The Kier molecular flexibility index (Phi) is 2.99. The number of hydrogen-bond donors (Lipinski definition) is 0. The lowest BCUT2D eigenvalue weighted by molar-refractivity contribution is -0.125. The summed E-state index contributed by atoms with van der Waals surface area (Å²) in [4.78, 5) is 14.1. The SMILES string of the molecule is O=C1CCCC(N2CCOC3CCCC32)C1. The molecule has 16 heavy (non-hydrogen) atoms. The average Bonchev–Trinajstić information content (AvgIpc) is 2.76. The maximum atomic E-state index is 11.6. The lowest BCUT2D eigenvalue weighted by Crippen LogP contribution is -2.54. The molecule has 0 amide bonds. The van der Waals surface area contributed by atoms with Gasteiger partial charge in [-0.3, -0.25) is 9.69 Å². The molecule has 3 rings (SSSR count). The van der Waals surface area contributed by atoms with E-state index in [-0.39, 0.29) is 0 Å². The molecule has 0 spiro atoms. The minimum atomic E-state index is 0.464. The molecule has 2 saturated carbocycles. The van der Waals surface area contributed by atoms with Crippen LogP contribution in [0.15, 0.2) is 0 Å². The average molecular weight is 223 g/mol. The van der Waals surface area contributed by atoms with Crippen LogP contribution in [0.5, 0.6) is 0 Å². The lowest BCUT2D eigenvalue weighted by atomic mass is 9.91. The zero-order valence-corrected chi connectivity index (χ0v) is 9.86. The van der Waals surface area contributed by atoms with Crippen molar-refractivity contribution in [2.24, 2.45) is 0 Å². The monoisotopic (exact) mass is 223 g/mol. The van der Waals surface area contributed by atoms with Gasteiger partial charge in [0.25, 0.3) is 0 Å². The van der Waals surface area contributed by atoms with Crippen LogP contribution in [0, 0.1) is 0 Å². The molecule has 0 bridgehead atoms. The van der Waals surface area contributed by atoms with E-state index < -0.39 is 0 Å². The maximum Gasteiger partial charge on any atom is 0.134 e. The summed E-state index contributed by atoms with van der Waals surface area (Å²) in [5.74, 6) is 0.470. The van der Waals surface area contributed by atoms with Crippen LogP contribution in [0.4, 0.5) is 0 Å². The van der Waals surface area contributed by atoms with E-state index >= 15 is 0 Å². The van der Waals surface area contributed by atoms with Crippen molar-refractivity contribution in [2.75, 3.05) is 13.2 Å². The molecule has 2 aliphatic carbocycles. The second-order valence-corrected chi connectivity index (χ2v) is 5.43. The van der Waals surface area contributed by atoms with Gasteiger partial charge in [-0.25, -0.2) is 0 Å². The van der Waals surface area contributed by atoms with Gasteiger partial charge in [-0.2, -0.15) is 0 Å². The Labute approximate surface area is 97.1 Å². The first-order chi connectivity index (χ1) is 7.84. The predicted molar refractivity (Wildman–Crippen MR) is 61.3 cm³/mol. The van der Waals surface area contributed by atoms with Gasteiger partial charge in [0.2, 0.25) is 0 Å². The quantitative estimate of drug-likeness (QED) is 0.678. The molecule has 0 aromatic heterocycles. The minimum Gasteiger partial charge on any atom is -0.375 e. The van der Waals surface area contributed by atoms with Gasteiger partial charge >= 0.3 is 0 Å². The van der Waals surface area contributed by atoms with Gasteiger partial charge in [0.05, 0.1) is 12.7 Å². The maximum absolute atomic E-state index is 11.6. The van der Waals surface area contributed by atoms with Crippen molar-refractivity contribution in [1.82, 2.24) is 4.90 Å². The summed E-state index contributed by atoms with van der Waals surface area (Å²) in [5, 5.41) is 0. The zero-order valence-electron chi connectivity index (χ0n) is 9.86. The van der Waals surface area contributed by atoms with Crippen LogP contribution in [0.3, 0.4) is 0 Å². The van der Waals surface area contributed by atoms with E-state index in [4.69, 9.17) is 4.74 Å². The normalized spacial score (nSPS) is 41.0. The molecule has 3 nitrogen and oxygen atoms in total. The molecule has 0 aromatic rings. The van der Waals surface area contributed by atoms with Crippen LogP contribution in [0.1, 0.15) is 44.9 Å². The molecule has 0 aromatic carbocycles. The number of hydrogen-bond acceptors (Lipinski definition) is 3. The number of Topliss-reactive ketones (excluding diaryl/α,β-unsaturated/α-hetero) is 1. The van der Waals surface area contributed by atoms with Crippen LogP contribution in [0.2, 0.25) is 0 Å². The molecule has 1 aliphatic heterocycles. The van der Waals surface area contributed by atoms with Gasteiger partial charge in [-0.05, 0) is 32.1 Å². The van der Waals surface area contributed by atoms with Crippen molar-refractivity contribution in [3.63, 3.8) is 0 Å². The molecule has 3 unspecified atom stereocenters. The van der Waals surface area contributed by atoms with Crippen molar-refractivity contribution in [3.8, 4) is 0 Å². The number of carbonyl (C=O) groups excluding carboxylic acids is 1. The van der Waals surface area contributed by atoms with Crippen molar-refractivity contribution in [3.05, 3.63) is 0 Å². The van der Waals surface area contributed by atoms with Crippen LogP contribution in [0.25, 0.3) is 0 Å². The van der Waals surface area contributed by atoms with Crippen LogP contribution >= 0.6 is 0 Å². The predicted octanol–water partition coefficient (Wildman–Crippen LogP) is 1.75. The minimum absolute atomic E-state index is 0.464. The van der Waals surface area contributed by atoms with E-state index in [0.717, 1.165) is 32.4 Å². The highest BCUT2D eigenvalue weighted by Crippen LogP contribution is 2.33. The Morgan fingerprint density at radius 3 is 3.00 bits per heavy atom. The summed E-state index contributed by atoms with van der Waals surface area (Å²) in [6.07, 6.45) is 8.18. The Morgan fingerprint density at radius 2 is 2.12 bits per heavy atom. The highest BCUT2D eigenvalue weighted by atomic mass is 16.5. The topological polar surface area (TPSA) is 29.5 Å². The van der Waals surface area contributed by atoms with Gasteiger partial charge in [0.15, 0.2) is 0 Å². The molecular formula is C13H21NO2. The largest absolute Gasteiger partial charge is 0.375 e. The van der Waals surface area contributed by atoms with Gasteiger partial charge in [-0.15, -0.1) is 0 Å². The molecule has 3 atom stereocenters. The third-order valence-corrected chi connectivity index (χ3v) is 4.45. The fraction of sp³-hybridized carbons (Fsp3) is 0.923. The first kappa shape index (κ1) is 10.7. The molecule has 3 fully saturated rings. The first-order valence-corrected chi connectivity index (χ1v) is 6.73. The molecule has 3 heteroatoms. The van der Waals surface area contributed by atoms with Crippen molar-refractivity contribution in [1.29, 1.82) is 0 Å². The molecule has 3 aliphatic rings. The second-order valence-electron chi connectivity index (χ2n) is 5.43. The zero-order chi connectivity index (χ0) is 11.0. The smallest absolute Gasteiger partial charge is 0.134 e. The summed E-state index contributed by atoms with van der Waals surface area (Å²) in [6, 6.07) is 1.14. The molecule has 0 N–H and O–H groups in total. The molecular weight excluding hydrogens is 202 g/mol. The third-order valence-electron chi connectivity index (χ3n) is 4.45. The summed E-state index contributed by atoms with van der Waals surface area (Å²) >= 11 is 0. The fourth-order valence-corrected chi connectivity index (χ4v) is 3.69. The van der Waals surface area contributed by atoms with Gasteiger partial charge in [-0.1, -0.05) is 0 Å². The van der Waals surface area contributed by atoms with Gasteiger partial charge < -0.3 is 4.74 Å². The van der Waals surface area contributed by atoms with Gasteiger partial charge in [0, 0.05) is 31.5 Å².